The summed E-state index contributed by atoms with van der Waals surface area (Å²) in [6, 6.07) is 14.1. The molecule has 3 rings (SSSR count). The van der Waals surface area contributed by atoms with Gasteiger partial charge in [0.15, 0.2) is 0 Å². The second-order valence-corrected chi connectivity index (χ2v) is 5.38. The highest BCUT2D eigenvalue weighted by Crippen LogP contribution is 2.49. The molecule has 1 aliphatic rings. The molecule has 0 bridgehead atoms. The van der Waals surface area contributed by atoms with Crippen molar-refractivity contribution in [3.8, 4) is 23.3 Å². The summed E-state index contributed by atoms with van der Waals surface area (Å²) in [5.74, 6) is 0. The van der Waals surface area contributed by atoms with Gasteiger partial charge in [-0.15, -0.1) is 11.3 Å². The first-order chi connectivity index (χ1) is 8.76. The third-order valence-electron chi connectivity index (χ3n) is 3.04. The number of allylic oxidation sites excluding steroid dienone is 1. The molecule has 0 fully saturated rings. The van der Waals surface area contributed by atoms with Gasteiger partial charge in [0.25, 0.3) is 0 Å². The number of fused-ring (bicyclic) bond motifs is 3. The smallest absolute Gasteiger partial charge is 0.138 e. The average Bonchev–Trinajstić information content (AvgIpc) is 2.88. The minimum atomic E-state index is 0.197. The summed E-state index contributed by atoms with van der Waals surface area (Å²) in [5, 5.41) is 18.2. The molecule has 2 nitrogen and oxygen atoms in total. The lowest BCUT2D eigenvalue weighted by Gasteiger charge is -2.01. The molecular weight excluding hydrogens is 240 g/mol. The number of nitriles is 2. The van der Waals surface area contributed by atoms with Crippen LogP contribution in [0.4, 0.5) is 0 Å². The molecule has 2 aromatic rings. The SMILES string of the molecule is Cc1cc2c(s1)C(=C(C#N)C#N)c1ccccc1-2. The number of rotatable bonds is 0. The molecule has 18 heavy (non-hydrogen) atoms. The topological polar surface area (TPSA) is 47.6 Å². The summed E-state index contributed by atoms with van der Waals surface area (Å²) in [6.07, 6.45) is 0. The monoisotopic (exact) mass is 248 g/mol. The van der Waals surface area contributed by atoms with Crippen LogP contribution < -0.4 is 0 Å². The normalized spacial score (nSPS) is 11.4. The van der Waals surface area contributed by atoms with Crippen LogP contribution in [0.2, 0.25) is 0 Å². The maximum atomic E-state index is 9.12. The fraction of sp³-hybridized carbons (Fsp3) is 0.0667. The van der Waals surface area contributed by atoms with Gasteiger partial charge in [0.2, 0.25) is 0 Å². The molecule has 1 aromatic heterocycles. The summed E-state index contributed by atoms with van der Waals surface area (Å²) < 4.78 is 0. The van der Waals surface area contributed by atoms with Gasteiger partial charge in [0.05, 0.1) is 0 Å². The van der Waals surface area contributed by atoms with E-state index in [2.05, 4.69) is 6.07 Å². The molecule has 84 valence electrons. The molecule has 1 aliphatic carbocycles. The van der Waals surface area contributed by atoms with E-state index in [1.807, 2.05) is 43.3 Å². The Morgan fingerprint density at radius 2 is 1.72 bits per heavy atom. The second-order valence-electron chi connectivity index (χ2n) is 4.12. The summed E-state index contributed by atoms with van der Waals surface area (Å²) in [5.41, 5.74) is 4.25. The largest absolute Gasteiger partial charge is 0.192 e. The van der Waals surface area contributed by atoms with E-state index in [0.717, 1.165) is 27.1 Å². The summed E-state index contributed by atoms with van der Waals surface area (Å²) >= 11 is 1.64. The van der Waals surface area contributed by atoms with Gasteiger partial charge in [-0.1, -0.05) is 24.3 Å². The molecule has 0 amide bonds. The van der Waals surface area contributed by atoms with E-state index >= 15 is 0 Å². The fourth-order valence-corrected chi connectivity index (χ4v) is 3.43. The molecular formula is C15H8N2S. The van der Waals surface area contributed by atoms with E-state index in [-0.39, 0.29) is 5.57 Å². The van der Waals surface area contributed by atoms with Gasteiger partial charge in [-0.25, -0.2) is 0 Å². The molecule has 0 atom stereocenters. The van der Waals surface area contributed by atoms with Crippen LogP contribution in [-0.4, -0.2) is 0 Å². The lowest BCUT2D eigenvalue weighted by atomic mass is 10.0. The second kappa shape index (κ2) is 3.84. The maximum absolute atomic E-state index is 9.12. The van der Waals surface area contributed by atoms with E-state index in [1.165, 1.54) is 4.88 Å². The molecule has 0 saturated heterocycles. The highest BCUT2D eigenvalue weighted by Gasteiger charge is 2.28. The van der Waals surface area contributed by atoms with E-state index in [1.54, 1.807) is 11.3 Å². The molecule has 0 unspecified atom stereocenters. The Kier molecular flexibility index (Phi) is 2.30. The molecule has 1 aromatic carbocycles. The van der Waals surface area contributed by atoms with Crippen LogP contribution in [0.3, 0.4) is 0 Å². The number of hydrogen-bond donors (Lipinski definition) is 0. The Bertz CT molecular complexity index is 751. The number of aryl methyl sites for hydroxylation is 1. The summed E-state index contributed by atoms with van der Waals surface area (Å²) in [6.45, 7) is 2.04. The van der Waals surface area contributed by atoms with Gasteiger partial charge in [0.1, 0.15) is 17.7 Å². The van der Waals surface area contributed by atoms with Gasteiger partial charge in [0, 0.05) is 20.9 Å². The zero-order chi connectivity index (χ0) is 12.7. The average molecular weight is 248 g/mol. The number of hydrogen-bond acceptors (Lipinski definition) is 3. The molecule has 0 spiro atoms. The van der Waals surface area contributed by atoms with Crippen molar-refractivity contribution >= 4 is 16.9 Å². The van der Waals surface area contributed by atoms with Crippen molar-refractivity contribution < 1.29 is 0 Å². The molecule has 1 heterocycles. The van der Waals surface area contributed by atoms with Crippen molar-refractivity contribution in [3.63, 3.8) is 0 Å². The predicted octanol–water partition coefficient (Wildman–Crippen LogP) is 3.89. The van der Waals surface area contributed by atoms with Crippen molar-refractivity contribution in [1.29, 1.82) is 10.5 Å². The first kappa shape index (κ1) is 10.8. The molecule has 0 radical (unpaired) electrons. The standard InChI is InChI=1S/C15H8N2S/c1-9-6-13-11-4-2-3-5-12(11)14(15(13)18-9)10(7-16)8-17/h2-6H,1H3. The lowest BCUT2D eigenvalue weighted by Crippen LogP contribution is -1.85. The van der Waals surface area contributed by atoms with E-state index < -0.39 is 0 Å². The van der Waals surface area contributed by atoms with Crippen LogP contribution in [0.5, 0.6) is 0 Å². The van der Waals surface area contributed by atoms with Crippen molar-refractivity contribution in [1.82, 2.24) is 0 Å². The molecule has 0 N–H and O–H groups in total. The third kappa shape index (κ3) is 1.32. The van der Waals surface area contributed by atoms with Crippen LogP contribution in [-0.2, 0) is 0 Å². The minimum Gasteiger partial charge on any atom is -0.192 e. The maximum Gasteiger partial charge on any atom is 0.138 e. The Labute approximate surface area is 109 Å². The van der Waals surface area contributed by atoms with Gasteiger partial charge in [-0.05, 0) is 24.1 Å². The minimum absolute atomic E-state index is 0.197. The quantitative estimate of drug-likeness (QED) is 0.567. The van der Waals surface area contributed by atoms with Gasteiger partial charge < -0.3 is 0 Å². The predicted molar refractivity (Wildman–Crippen MR) is 71.7 cm³/mol. The van der Waals surface area contributed by atoms with E-state index in [4.69, 9.17) is 10.5 Å². The summed E-state index contributed by atoms with van der Waals surface area (Å²) in [7, 11) is 0. The highest BCUT2D eigenvalue weighted by atomic mass is 32.1. The van der Waals surface area contributed by atoms with Crippen LogP contribution >= 0.6 is 11.3 Å². The zero-order valence-corrected chi connectivity index (χ0v) is 10.5. The number of thiophene rings is 1. The zero-order valence-electron chi connectivity index (χ0n) is 9.69. The van der Waals surface area contributed by atoms with Crippen molar-refractivity contribution in [2.24, 2.45) is 0 Å². The number of nitrogens with zero attached hydrogens (tertiary/aromatic N) is 2. The Morgan fingerprint density at radius 3 is 2.39 bits per heavy atom. The van der Waals surface area contributed by atoms with Crippen molar-refractivity contribution in [2.75, 3.05) is 0 Å². The molecule has 0 saturated carbocycles. The van der Waals surface area contributed by atoms with Crippen molar-refractivity contribution in [2.45, 2.75) is 6.92 Å². The Hall–Kier alpha value is -2.36. The highest BCUT2D eigenvalue weighted by molar-refractivity contribution is 7.13. The Morgan fingerprint density at radius 1 is 1.06 bits per heavy atom. The van der Waals surface area contributed by atoms with Gasteiger partial charge in [-0.3, -0.25) is 0 Å². The van der Waals surface area contributed by atoms with E-state index in [0.29, 0.717) is 0 Å². The van der Waals surface area contributed by atoms with Crippen LogP contribution in [0.25, 0.3) is 16.7 Å². The molecule has 3 heteroatoms. The fourth-order valence-electron chi connectivity index (χ4n) is 2.34. The lowest BCUT2D eigenvalue weighted by molar-refractivity contribution is 1.46. The van der Waals surface area contributed by atoms with E-state index in [9.17, 15) is 0 Å². The van der Waals surface area contributed by atoms with Crippen molar-refractivity contribution in [3.05, 3.63) is 51.2 Å². The summed E-state index contributed by atoms with van der Waals surface area (Å²) in [4.78, 5) is 2.24. The van der Waals surface area contributed by atoms with Gasteiger partial charge in [-0.2, -0.15) is 10.5 Å². The first-order valence-electron chi connectivity index (χ1n) is 5.51. The third-order valence-corrected chi connectivity index (χ3v) is 4.11. The van der Waals surface area contributed by atoms with Crippen LogP contribution in [0, 0.1) is 29.6 Å². The Balaban J connectivity index is 2.46. The first-order valence-corrected chi connectivity index (χ1v) is 6.33. The van der Waals surface area contributed by atoms with Crippen LogP contribution in [0.1, 0.15) is 15.3 Å². The number of benzene rings is 1. The van der Waals surface area contributed by atoms with Crippen LogP contribution in [0.15, 0.2) is 35.9 Å². The van der Waals surface area contributed by atoms with Gasteiger partial charge >= 0.3 is 0 Å². The molecule has 0 aliphatic heterocycles.